The Hall–Kier alpha value is -1.91. The third kappa shape index (κ3) is 3.35. The van der Waals surface area contributed by atoms with Gasteiger partial charge in [0.15, 0.2) is 0 Å². The summed E-state index contributed by atoms with van der Waals surface area (Å²) in [6.45, 7) is -0.231. The summed E-state index contributed by atoms with van der Waals surface area (Å²) < 4.78 is 13.1. The molecule has 0 saturated heterocycles. The lowest BCUT2D eigenvalue weighted by Gasteiger charge is -2.16. The van der Waals surface area contributed by atoms with Crippen LogP contribution in [0.15, 0.2) is 48.5 Å². The van der Waals surface area contributed by atoms with Gasteiger partial charge in [-0.2, -0.15) is 0 Å². The fourth-order valence-electron chi connectivity index (χ4n) is 1.80. The van der Waals surface area contributed by atoms with E-state index in [1.165, 1.54) is 12.1 Å². The quantitative estimate of drug-likeness (QED) is 0.910. The molecule has 2 N–H and O–H groups in total. The fraction of sp³-hybridized carbons (Fsp3) is 0.133. The van der Waals surface area contributed by atoms with Crippen LogP contribution >= 0.6 is 11.6 Å². The molecule has 0 fully saturated rings. The smallest absolute Gasteiger partial charge is 0.251 e. The van der Waals surface area contributed by atoms with Crippen LogP contribution in [0.2, 0.25) is 5.02 Å². The highest BCUT2D eigenvalue weighted by Gasteiger charge is 2.15. The van der Waals surface area contributed by atoms with Crippen molar-refractivity contribution in [2.24, 2.45) is 0 Å². The van der Waals surface area contributed by atoms with E-state index in [2.05, 4.69) is 5.32 Å². The molecule has 0 aromatic heterocycles. The molecule has 5 heteroatoms. The number of hydrogen-bond acceptors (Lipinski definition) is 2. The molecule has 20 heavy (non-hydrogen) atoms. The molecule has 104 valence electrons. The molecule has 0 spiro atoms. The van der Waals surface area contributed by atoms with Crippen LogP contribution in [0.5, 0.6) is 0 Å². The fourth-order valence-corrected chi connectivity index (χ4v) is 1.98. The van der Waals surface area contributed by atoms with Gasteiger partial charge in [-0.05, 0) is 23.8 Å². The lowest BCUT2D eigenvalue weighted by Crippen LogP contribution is -2.30. The molecule has 1 atom stereocenters. The van der Waals surface area contributed by atoms with Gasteiger partial charge in [0.2, 0.25) is 0 Å². The molecule has 2 aromatic carbocycles. The molecular formula is C15H13ClFNO2. The maximum Gasteiger partial charge on any atom is 0.251 e. The largest absolute Gasteiger partial charge is 0.394 e. The molecule has 0 aliphatic carbocycles. The molecule has 0 aliphatic rings. The minimum absolute atomic E-state index is 0.113. The van der Waals surface area contributed by atoms with Gasteiger partial charge < -0.3 is 10.4 Å². The number of rotatable bonds is 4. The number of aliphatic hydroxyl groups is 1. The van der Waals surface area contributed by atoms with E-state index in [9.17, 15) is 14.3 Å². The molecule has 0 heterocycles. The Morgan fingerprint density at radius 3 is 2.55 bits per heavy atom. The van der Waals surface area contributed by atoms with Gasteiger partial charge in [0.25, 0.3) is 5.91 Å². The standard InChI is InChI=1S/C15H13ClFNO2/c16-12-8-11(6-7-13(12)17)15(20)18-14(9-19)10-4-2-1-3-5-10/h1-8,14,19H,9H2,(H,18,20). The van der Waals surface area contributed by atoms with Gasteiger partial charge in [-0.25, -0.2) is 4.39 Å². The second kappa shape index (κ2) is 6.50. The summed E-state index contributed by atoms with van der Waals surface area (Å²) in [7, 11) is 0. The third-order valence-corrected chi connectivity index (χ3v) is 3.16. The first-order chi connectivity index (χ1) is 9.61. The molecule has 1 unspecified atom stereocenters. The van der Waals surface area contributed by atoms with E-state index in [0.717, 1.165) is 11.6 Å². The highest BCUT2D eigenvalue weighted by atomic mass is 35.5. The van der Waals surface area contributed by atoms with Crippen molar-refractivity contribution in [3.63, 3.8) is 0 Å². The maximum absolute atomic E-state index is 13.1. The van der Waals surface area contributed by atoms with E-state index >= 15 is 0 Å². The summed E-state index contributed by atoms with van der Waals surface area (Å²) in [5, 5.41) is 11.9. The zero-order valence-electron chi connectivity index (χ0n) is 10.5. The molecule has 2 rings (SSSR count). The molecule has 0 saturated carbocycles. The summed E-state index contributed by atoms with van der Waals surface area (Å²) in [5.74, 6) is -1.00. The molecule has 2 aromatic rings. The summed E-state index contributed by atoms with van der Waals surface area (Å²) >= 11 is 5.64. The Morgan fingerprint density at radius 1 is 1.25 bits per heavy atom. The number of aliphatic hydroxyl groups excluding tert-OH is 1. The van der Waals surface area contributed by atoms with Crippen molar-refractivity contribution in [1.29, 1.82) is 0 Å². The highest BCUT2D eigenvalue weighted by Crippen LogP contribution is 2.17. The molecule has 0 radical (unpaired) electrons. The van der Waals surface area contributed by atoms with Crippen LogP contribution in [0, 0.1) is 5.82 Å². The number of hydrogen-bond donors (Lipinski definition) is 2. The number of halogens is 2. The minimum atomic E-state index is -0.579. The van der Waals surface area contributed by atoms with Crippen molar-refractivity contribution in [1.82, 2.24) is 5.32 Å². The third-order valence-electron chi connectivity index (χ3n) is 2.87. The maximum atomic E-state index is 13.1. The monoisotopic (exact) mass is 293 g/mol. The van der Waals surface area contributed by atoms with Crippen molar-refractivity contribution in [3.05, 3.63) is 70.5 Å². The Labute approximate surface area is 121 Å². The number of nitrogens with one attached hydrogen (secondary N) is 1. The summed E-state index contributed by atoms with van der Waals surface area (Å²) in [4.78, 5) is 12.0. The molecule has 0 bridgehead atoms. The van der Waals surface area contributed by atoms with E-state index in [1.54, 1.807) is 12.1 Å². The molecule has 1 amide bonds. The average Bonchev–Trinajstić information content (AvgIpc) is 2.48. The van der Waals surface area contributed by atoms with Crippen LogP contribution in [-0.2, 0) is 0 Å². The van der Waals surface area contributed by atoms with Crippen molar-refractivity contribution in [2.45, 2.75) is 6.04 Å². The van der Waals surface area contributed by atoms with Crippen LogP contribution in [0.25, 0.3) is 0 Å². The van der Waals surface area contributed by atoms with Gasteiger partial charge in [0.1, 0.15) is 5.82 Å². The zero-order valence-corrected chi connectivity index (χ0v) is 11.3. The Balaban J connectivity index is 2.15. The first-order valence-electron chi connectivity index (χ1n) is 6.03. The predicted octanol–water partition coefficient (Wildman–Crippen LogP) is 2.94. The summed E-state index contributed by atoms with van der Waals surface area (Å²) in [6.07, 6.45) is 0. The lowest BCUT2D eigenvalue weighted by molar-refractivity contribution is 0.0916. The van der Waals surface area contributed by atoms with E-state index in [-0.39, 0.29) is 17.2 Å². The van der Waals surface area contributed by atoms with Crippen LogP contribution < -0.4 is 5.32 Å². The number of benzene rings is 2. The minimum Gasteiger partial charge on any atom is -0.394 e. The molecule has 0 aliphatic heterocycles. The van der Waals surface area contributed by atoms with E-state index in [1.807, 2.05) is 18.2 Å². The Bertz CT molecular complexity index is 604. The first-order valence-corrected chi connectivity index (χ1v) is 6.41. The summed E-state index contributed by atoms with van der Waals surface area (Å²) in [5.41, 5.74) is 1.03. The van der Waals surface area contributed by atoms with Crippen molar-refractivity contribution in [3.8, 4) is 0 Å². The van der Waals surface area contributed by atoms with Crippen LogP contribution in [0.4, 0.5) is 4.39 Å². The van der Waals surface area contributed by atoms with Crippen molar-refractivity contribution < 1.29 is 14.3 Å². The predicted molar refractivity (Wildman–Crippen MR) is 75.1 cm³/mol. The Kier molecular flexibility index (Phi) is 4.71. The van der Waals surface area contributed by atoms with Crippen LogP contribution in [0.1, 0.15) is 22.0 Å². The summed E-state index contributed by atoms with van der Waals surface area (Å²) in [6, 6.07) is 12.3. The van der Waals surface area contributed by atoms with Crippen LogP contribution in [-0.4, -0.2) is 17.6 Å². The van der Waals surface area contributed by atoms with Gasteiger partial charge in [-0.1, -0.05) is 41.9 Å². The van der Waals surface area contributed by atoms with Crippen molar-refractivity contribution >= 4 is 17.5 Å². The highest BCUT2D eigenvalue weighted by molar-refractivity contribution is 6.31. The number of amides is 1. The van der Waals surface area contributed by atoms with Gasteiger partial charge in [0, 0.05) is 5.56 Å². The Morgan fingerprint density at radius 2 is 1.95 bits per heavy atom. The van der Waals surface area contributed by atoms with Gasteiger partial charge in [-0.15, -0.1) is 0 Å². The average molecular weight is 294 g/mol. The number of carbonyl (C=O) groups is 1. The van der Waals surface area contributed by atoms with E-state index in [0.29, 0.717) is 0 Å². The van der Waals surface area contributed by atoms with Gasteiger partial charge in [0.05, 0.1) is 17.7 Å². The molecule has 3 nitrogen and oxygen atoms in total. The zero-order chi connectivity index (χ0) is 14.5. The van der Waals surface area contributed by atoms with Crippen molar-refractivity contribution in [2.75, 3.05) is 6.61 Å². The topological polar surface area (TPSA) is 49.3 Å². The normalized spacial score (nSPS) is 11.9. The second-order valence-electron chi connectivity index (χ2n) is 4.25. The SMILES string of the molecule is O=C(NC(CO)c1ccccc1)c1ccc(F)c(Cl)c1. The van der Waals surface area contributed by atoms with E-state index in [4.69, 9.17) is 11.6 Å². The first kappa shape index (κ1) is 14.5. The second-order valence-corrected chi connectivity index (χ2v) is 4.66. The van der Waals surface area contributed by atoms with E-state index < -0.39 is 17.8 Å². The van der Waals surface area contributed by atoms with Crippen LogP contribution in [0.3, 0.4) is 0 Å². The lowest BCUT2D eigenvalue weighted by atomic mass is 10.1. The molecular weight excluding hydrogens is 281 g/mol. The van der Waals surface area contributed by atoms with Gasteiger partial charge >= 0.3 is 0 Å². The van der Waals surface area contributed by atoms with Gasteiger partial charge in [-0.3, -0.25) is 4.79 Å². The number of carbonyl (C=O) groups excluding carboxylic acids is 1.